The van der Waals surface area contributed by atoms with Gasteiger partial charge in [-0.15, -0.1) is 0 Å². The fourth-order valence-corrected chi connectivity index (χ4v) is 1.87. The number of pyridine rings is 1. The third kappa shape index (κ3) is 1.75. The number of carbonyl (C=O) groups is 1. The van der Waals surface area contributed by atoms with Gasteiger partial charge in [0.1, 0.15) is 6.33 Å². The van der Waals surface area contributed by atoms with Crippen molar-refractivity contribution in [3.8, 4) is 0 Å². The van der Waals surface area contributed by atoms with Crippen molar-refractivity contribution in [2.45, 2.75) is 19.8 Å². The molecule has 15 heavy (non-hydrogen) atoms. The van der Waals surface area contributed by atoms with Crippen LogP contribution in [0.15, 0.2) is 18.5 Å². The molecule has 0 unspecified atom stereocenters. The zero-order valence-corrected chi connectivity index (χ0v) is 9.16. The Balaban J connectivity index is 2.69. The van der Waals surface area contributed by atoms with Crippen LogP contribution in [0, 0.1) is 0 Å². The molecule has 0 radical (unpaired) electrons. The molecule has 0 N–H and O–H groups in total. The van der Waals surface area contributed by atoms with Crippen molar-refractivity contribution >= 4 is 23.4 Å². The second-order valence-corrected chi connectivity index (χ2v) is 3.85. The summed E-state index contributed by atoms with van der Waals surface area (Å²) in [5, 5.41) is 0.572. The Bertz CT molecular complexity index is 505. The molecule has 2 heterocycles. The maximum Gasteiger partial charge on any atom is 0.166 e. The van der Waals surface area contributed by atoms with Gasteiger partial charge in [0.2, 0.25) is 0 Å². The Kier molecular flexibility index (Phi) is 2.73. The van der Waals surface area contributed by atoms with Crippen molar-refractivity contribution in [2.75, 3.05) is 0 Å². The number of hydrogen-bond acceptors (Lipinski definition) is 2. The minimum atomic E-state index is 0.535. The summed E-state index contributed by atoms with van der Waals surface area (Å²) in [5.74, 6) is 0. The Morgan fingerprint density at radius 1 is 1.53 bits per heavy atom. The van der Waals surface area contributed by atoms with Crippen LogP contribution >= 0.6 is 11.6 Å². The van der Waals surface area contributed by atoms with Gasteiger partial charge in [-0.2, -0.15) is 0 Å². The van der Waals surface area contributed by atoms with E-state index in [1.807, 2.05) is 6.07 Å². The molecule has 2 aromatic heterocycles. The third-order valence-electron chi connectivity index (χ3n) is 2.33. The summed E-state index contributed by atoms with van der Waals surface area (Å²) >= 11 is 5.93. The second-order valence-electron chi connectivity index (χ2n) is 3.41. The van der Waals surface area contributed by atoms with Crippen molar-refractivity contribution in [1.29, 1.82) is 0 Å². The van der Waals surface area contributed by atoms with Crippen LogP contribution in [0.3, 0.4) is 0 Å². The van der Waals surface area contributed by atoms with Crippen molar-refractivity contribution in [1.82, 2.24) is 9.38 Å². The fourth-order valence-electron chi connectivity index (χ4n) is 1.66. The molecule has 0 aliphatic heterocycles. The molecule has 78 valence electrons. The first-order valence-corrected chi connectivity index (χ1v) is 5.24. The van der Waals surface area contributed by atoms with Gasteiger partial charge in [0.05, 0.1) is 16.9 Å². The number of fused-ring (bicyclic) bond motifs is 1. The minimum absolute atomic E-state index is 0.535. The summed E-state index contributed by atoms with van der Waals surface area (Å²) in [6.45, 7) is 2.09. The van der Waals surface area contributed by atoms with Gasteiger partial charge in [0.25, 0.3) is 0 Å². The normalized spacial score (nSPS) is 10.8. The van der Waals surface area contributed by atoms with E-state index in [0.717, 1.165) is 30.3 Å². The third-order valence-corrected chi connectivity index (χ3v) is 2.55. The largest absolute Gasteiger partial charge is 0.296 e. The summed E-state index contributed by atoms with van der Waals surface area (Å²) in [5.41, 5.74) is 2.45. The quantitative estimate of drug-likeness (QED) is 0.749. The first-order valence-electron chi connectivity index (χ1n) is 4.87. The number of imidazole rings is 1. The van der Waals surface area contributed by atoms with Crippen LogP contribution in [-0.4, -0.2) is 15.7 Å². The lowest BCUT2D eigenvalue weighted by Crippen LogP contribution is -1.94. The summed E-state index contributed by atoms with van der Waals surface area (Å²) < 4.78 is 1.77. The number of aromatic nitrogens is 2. The SMILES string of the molecule is CCCc1ncn2c(C=O)cc(Cl)cc12. The number of halogens is 1. The van der Waals surface area contributed by atoms with Gasteiger partial charge in [0.15, 0.2) is 6.29 Å². The van der Waals surface area contributed by atoms with Crippen LogP contribution in [0.1, 0.15) is 29.5 Å². The van der Waals surface area contributed by atoms with Crippen LogP contribution in [-0.2, 0) is 6.42 Å². The maximum atomic E-state index is 10.8. The molecule has 0 fully saturated rings. The monoisotopic (exact) mass is 222 g/mol. The zero-order valence-electron chi connectivity index (χ0n) is 8.40. The van der Waals surface area contributed by atoms with Crippen LogP contribution in [0.5, 0.6) is 0 Å². The number of hydrogen-bond donors (Lipinski definition) is 0. The molecule has 0 aliphatic rings. The molecular weight excluding hydrogens is 212 g/mol. The standard InChI is InChI=1S/C11H11ClN2O/c1-2-3-10-11-5-8(12)4-9(6-15)14(11)7-13-10/h4-7H,2-3H2,1H3. The topological polar surface area (TPSA) is 34.4 Å². The number of aryl methyl sites for hydroxylation is 1. The van der Waals surface area contributed by atoms with Crippen molar-refractivity contribution < 1.29 is 4.79 Å². The van der Waals surface area contributed by atoms with Gasteiger partial charge >= 0.3 is 0 Å². The van der Waals surface area contributed by atoms with E-state index in [1.54, 1.807) is 16.8 Å². The van der Waals surface area contributed by atoms with Gasteiger partial charge in [-0.05, 0) is 18.6 Å². The highest BCUT2D eigenvalue weighted by atomic mass is 35.5. The van der Waals surface area contributed by atoms with E-state index < -0.39 is 0 Å². The smallest absolute Gasteiger partial charge is 0.166 e. The van der Waals surface area contributed by atoms with Gasteiger partial charge < -0.3 is 0 Å². The predicted molar refractivity (Wildman–Crippen MR) is 59.6 cm³/mol. The minimum Gasteiger partial charge on any atom is -0.296 e. The van der Waals surface area contributed by atoms with E-state index in [4.69, 9.17) is 11.6 Å². The van der Waals surface area contributed by atoms with E-state index >= 15 is 0 Å². The first-order chi connectivity index (χ1) is 7.26. The lowest BCUT2D eigenvalue weighted by Gasteiger charge is -2.01. The molecule has 0 bridgehead atoms. The molecule has 2 rings (SSSR count). The van der Waals surface area contributed by atoms with Crippen LogP contribution in [0.4, 0.5) is 0 Å². The van der Waals surface area contributed by atoms with Gasteiger partial charge in [0, 0.05) is 5.02 Å². The summed E-state index contributed by atoms with van der Waals surface area (Å²) in [6.07, 6.45) is 4.38. The Morgan fingerprint density at radius 2 is 2.33 bits per heavy atom. The Morgan fingerprint density at radius 3 is 3.00 bits per heavy atom. The highest BCUT2D eigenvalue weighted by Gasteiger charge is 2.07. The number of aldehydes is 1. The van der Waals surface area contributed by atoms with Crippen LogP contribution in [0.25, 0.3) is 5.52 Å². The summed E-state index contributed by atoms with van der Waals surface area (Å²) in [6, 6.07) is 3.48. The molecule has 0 saturated heterocycles. The molecule has 0 aromatic carbocycles. The zero-order chi connectivity index (χ0) is 10.8. The molecule has 0 amide bonds. The lowest BCUT2D eigenvalue weighted by molar-refractivity contribution is 0.111. The fraction of sp³-hybridized carbons (Fsp3) is 0.273. The van der Waals surface area contributed by atoms with E-state index in [0.29, 0.717) is 10.7 Å². The average Bonchev–Trinajstić information content (AvgIpc) is 2.61. The Labute approximate surface area is 92.7 Å². The maximum absolute atomic E-state index is 10.8. The average molecular weight is 223 g/mol. The molecule has 2 aromatic rings. The van der Waals surface area contributed by atoms with Crippen LogP contribution < -0.4 is 0 Å². The molecule has 0 atom stereocenters. The van der Waals surface area contributed by atoms with Crippen molar-refractivity contribution in [2.24, 2.45) is 0 Å². The van der Waals surface area contributed by atoms with Crippen LogP contribution in [0.2, 0.25) is 5.02 Å². The molecule has 0 spiro atoms. The molecule has 3 nitrogen and oxygen atoms in total. The summed E-state index contributed by atoms with van der Waals surface area (Å²) in [4.78, 5) is 15.1. The van der Waals surface area contributed by atoms with Crippen molar-refractivity contribution in [3.63, 3.8) is 0 Å². The first kappa shape index (κ1) is 10.2. The molecular formula is C11H11ClN2O. The van der Waals surface area contributed by atoms with Crippen molar-refractivity contribution in [3.05, 3.63) is 34.9 Å². The number of rotatable bonds is 3. The van der Waals surface area contributed by atoms with E-state index in [2.05, 4.69) is 11.9 Å². The predicted octanol–water partition coefficient (Wildman–Crippen LogP) is 2.75. The number of carbonyl (C=O) groups excluding carboxylic acids is 1. The Hall–Kier alpha value is -1.35. The van der Waals surface area contributed by atoms with Gasteiger partial charge in [-0.25, -0.2) is 4.98 Å². The van der Waals surface area contributed by atoms with Gasteiger partial charge in [-0.3, -0.25) is 9.20 Å². The number of nitrogens with zero attached hydrogens (tertiary/aromatic N) is 2. The highest BCUT2D eigenvalue weighted by molar-refractivity contribution is 6.31. The highest BCUT2D eigenvalue weighted by Crippen LogP contribution is 2.19. The second kappa shape index (κ2) is 4.03. The lowest BCUT2D eigenvalue weighted by atomic mass is 10.2. The van der Waals surface area contributed by atoms with Gasteiger partial charge in [-0.1, -0.05) is 24.9 Å². The van der Waals surface area contributed by atoms with E-state index in [9.17, 15) is 4.79 Å². The van der Waals surface area contributed by atoms with E-state index in [-0.39, 0.29) is 0 Å². The van der Waals surface area contributed by atoms with E-state index in [1.165, 1.54) is 0 Å². The molecule has 0 saturated carbocycles. The molecule has 0 aliphatic carbocycles. The summed E-state index contributed by atoms with van der Waals surface area (Å²) in [7, 11) is 0. The molecule has 4 heteroatoms.